The number of H-pyrrole nitrogens is 1. The van der Waals surface area contributed by atoms with Crippen molar-refractivity contribution in [1.82, 2.24) is 9.97 Å². The predicted octanol–water partition coefficient (Wildman–Crippen LogP) is 4.20. The average Bonchev–Trinajstić information content (AvgIpc) is 2.73. The number of carbonyl (C=O) groups is 1. The molecule has 21 heavy (non-hydrogen) atoms. The summed E-state index contributed by atoms with van der Waals surface area (Å²) < 4.78 is 0. The van der Waals surface area contributed by atoms with Crippen molar-refractivity contribution in [3.63, 3.8) is 0 Å². The van der Waals surface area contributed by atoms with Gasteiger partial charge in [0.2, 0.25) is 0 Å². The van der Waals surface area contributed by atoms with E-state index in [2.05, 4.69) is 16.9 Å². The number of nitrogens with zero attached hydrogens (tertiary/aromatic N) is 1. The lowest BCUT2D eigenvalue weighted by Gasteiger charge is -2.04. The van der Waals surface area contributed by atoms with Gasteiger partial charge < -0.3 is 10.1 Å². The second kappa shape index (κ2) is 4.90. The summed E-state index contributed by atoms with van der Waals surface area (Å²) in [5.74, 6) is -1.02. The Morgan fingerprint density at radius 3 is 2.71 bits per heavy atom. The predicted molar refractivity (Wildman–Crippen MR) is 83.0 cm³/mol. The fourth-order valence-electron chi connectivity index (χ4n) is 2.40. The number of aromatic nitrogens is 2. The summed E-state index contributed by atoms with van der Waals surface area (Å²) in [6.45, 7) is 4.09. The Bertz CT molecular complexity index is 868. The van der Waals surface area contributed by atoms with Crippen molar-refractivity contribution in [3.8, 4) is 11.3 Å². The molecule has 4 nitrogen and oxygen atoms in total. The molecule has 0 fully saturated rings. The maximum atomic E-state index is 11.1. The fourth-order valence-corrected chi connectivity index (χ4v) is 2.61. The number of halogens is 1. The van der Waals surface area contributed by atoms with Crippen LogP contribution in [0.15, 0.2) is 30.3 Å². The van der Waals surface area contributed by atoms with Crippen LogP contribution in [0.1, 0.15) is 21.6 Å². The van der Waals surface area contributed by atoms with Crippen molar-refractivity contribution < 1.29 is 9.90 Å². The Morgan fingerprint density at radius 1 is 1.24 bits per heavy atom. The van der Waals surface area contributed by atoms with E-state index < -0.39 is 5.97 Å². The van der Waals surface area contributed by atoms with E-state index in [1.165, 1.54) is 17.7 Å². The highest BCUT2D eigenvalue weighted by molar-refractivity contribution is 6.29. The van der Waals surface area contributed by atoms with E-state index in [-0.39, 0.29) is 10.7 Å². The number of carboxylic acids is 1. The van der Waals surface area contributed by atoms with E-state index in [0.717, 1.165) is 22.2 Å². The van der Waals surface area contributed by atoms with Gasteiger partial charge in [-0.1, -0.05) is 23.7 Å². The molecule has 0 saturated carbocycles. The number of rotatable bonds is 2. The zero-order valence-corrected chi connectivity index (χ0v) is 12.3. The number of hydrogen-bond acceptors (Lipinski definition) is 2. The zero-order valence-electron chi connectivity index (χ0n) is 11.6. The van der Waals surface area contributed by atoms with Gasteiger partial charge in [0.05, 0.1) is 11.3 Å². The van der Waals surface area contributed by atoms with Gasteiger partial charge in [-0.2, -0.15) is 0 Å². The molecule has 0 radical (unpaired) electrons. The van der Waals surface area contributed by atoms with E-state index >= 15 is 0 Å². The number of benzene rings is 1. The Hall–Kier alpha value is -2.33. The quantitative estimate of drug-likeness (QED) is 0.697. The third kappa shape index (κ3) is 2.38. The number of hydrogen-bond donors (Lipinski definition) is 2. The van der Waals surface area contributed by atoms with Gasteiger partial charge in [-0.05, 0) is 37.6 Å². The third-order valence-corrected chi connectivity index (χ3v) is 3.84. The number of nitrogens with one attached hydrogen (secondary N) is 1. The molecule has 0 aliphatic carbocycles. The van der Waals surface area contributed by atoms with Crippen LogP contribution in [0, 0.1) is 13.8 Å². The molecule has 2 aromatic heterocycles. The van der Waals surface area contributed by atoms with Crippen LogP contribution in [0.2, 0.25) is 5.15 Å². The van der Waals surface area contributed by atoms with Crippen LogP contribution in [0.5, 0.6) is 0 Å². The SMILES string of the molecule is Cc1[nH]c2cc(-c3cc(C(=O)O)cc(Cl)n3)ccc2c1C. The molecular weight excluding hydrogens is 288 g/mol. The van der Waals surface area contributed by atoms with Gasteiger partial charge in [-0.3, -0.25) is 0 Å². The van der Waals surface area contributed by atoms with Crippen molar-refractivity contribution in [2.24, 2.45) is 0 Å². The third-order valence-electron chi connectivity index (χ3n) is 3.65. The summed E-state index contributed by atoms with van der Waals surface area (Å²) in [7, 11) is 0. The topological polar surface area (TPSA) is 66.0 Å². The van der Waals surface area contributed by atoms with Crippen molar-refractivity contribution in [2.45, 2.75) is 13.8 Å². The summed E-state index contributed by atoms with van der Waals surface area (Å²) in [4.78, 5) is 18.6. The molecule has 3 aromatic rings. The molecule has 0 unspecified atom stereocenters. The number of pyridine rings is 1. The van der Waals surface area contributed by atoms with Crippen LogP contribution in [0.25, 0.3) is 22.2 Å². The lowest BCUT2D eigenvalue weighted by molar-refractivity contribution is 0.0697. The van der Waals surface area contributed by atoms with Crippen LogP contribution in [-0.4, -0.2) is 21.0 Å². The van der Waals surface area contributed by atoms with Crippen LogP contribution < -0.4 is 0 Å². The molecule has 3 rings (SSSR count). The minimum Gasteiger partial charge on any atom is -0.478 e. The first kappa shape index (κ1) is 13.6. The van der Waals surface area contributed by atoms with Gasteiger partial charge in [0.1, 0.15) is 5.15 Å². The van der Waals surface area contributed by atoms with Gasteiger partial charge in [0.15, 0.2) is 0 Å². The monoisotopic (exact) mass is 300 g/mol. The first-order valence-corrected chi connectivity index (χ1v) is 6.83. The van der Waals surface area contributed by atoms with Crippen LogP contribution in [0.4, 0.5) is 0 Å². The number of aromatic amines is 1. The van der Waals surface area contributed by atoms with Gasteiger partial charge in [-0.25, -0.2) is 9.78 Å². The number of carboxylic acid groups (broad SMARTS) is 1. The Kier molecular flexibility index (Phi) is 3.18. The Morgan fingerprint density at radius 2 is 2.00 bits per heavy atom. The summed E-state index contributed by atoms with van der Waals surface area (Å²) >= 11 is 5.91. The van der Waals surface area contributed by atoms with Crippen LogP contribution in [0.3, 0.4) is 0 Å². The van der Waals surface area contributed by atoms with Gasteiger partial charge in [0, 0.05) is 22.2 Å². The summed E-state index contributed by atoms with van der Waals surface area (Å²) in [6.07, 6.45) is 0. The molecule has 106 valence electrons. The second-order valence-corrected chi connectivity index (χ2v) is 5.39. The molecule has 0 aliphatic rings. The molecule has 0 atom stereocenters. The first-order chi connectivity index (χ1) is 9.95. The van der Waals surface area contributed by atoms with E-state index in [4.69, 9.17) is 16.7 Å². The van der Waals surface area contributed by atoms with Crippen LogP contribution >= 0.6 is 11.6 Å². The highest BCUT2D eigenvalue weighted by Crippen LogP contribution is 2.27. The molecule has 0 spiro atoms. The van der Waals surface area contributed by atoms with E-state index in [1.807, 2.05) is 25.1 Å². The standard InChI is InChI=1S/C16H13ClN2O2/c1-8-9(2)18-14-5-10(3-4-12(8)14)13-6-11(16(20)21)7-15(17)19-13/h3-7,18H,1-2H3,(H,20,21). The molecular formula is C16H13ClN2O2. The molecule has 1 aromatic carbocycles. The average molecular weight is 301 g/mol. The molecule has 0 bridgehead atoms. The van der Waals surface area contributed by atoms with E-state index in [0.29, 0.717) is 5.69 Å². The van der Waals surface area contributed by atoms with Crippen molar-refractivity contribution in [2.75, 3.05) is 0 Å². The lowest BCUT2D eigenvalue weighted by Crippen LogP contribution is -1.98. The second-order valence-electron chi connectivity index (χ2n) is 5.00. The number of fused-ring (bicyclic) bond motifs is 1. The summed E-state index contributed by atoms with van der Waals surface area (Å²) in [5, 5.41) is 10.4. The molecule has 2 heterocycles. The minimum absolute atomic E-state index is 0.129. The van der Waals surface area contributed by atoms with E-state index in [9.17, 15) is 4.79 Å². The van der Waals surface area contributed by atoms with Crippen molar-refractivity contribution in [3.05, 3.63) is 52.3 Å². The lowest BCUT2D eigenvalue weighted by atomic mass is 10.1. The molecule has 0 saturated heterocycles. The molecule has 0 amide bonds. The van der Waals surface area contributed by atoms with Crippen LogP contribution in [-0.2, 0) is 0 Å². The smallest absolute Gasteiger partial charge is 0.335 e. The summed E-state index contributed by atoms with van der Waals surface area (Å²) in [5.41, 5.74) is 4.83. The normalized spacial score (nSPS) is 11.0. The van der Waals surface area contributed by atoms with Gasteiger partial charge in [0.25, 0.3) is 0 Å². The van der Waals surface area contributed by atoms with Crippen molar-refractivity contribution in [1.29, 1.82) is 0 Å². The van der Waals surface area contributed by atoms with Gasteiger partial charge >= 0.3 is 5.97 Å². The first-order valence-electron chi connectivity index (χ1n) is 6.46. The number of aromatic carboxylic acids is 1. The van der Waals surface area contributed by atoms with E-state index in [1.54, 1.807) is 0 Å². The van der Waals surface area contributed by atoms with Gasteiger partial charge in [-0.15, -0.1) is 0 Å². The molecule has 0 aliphatic heterocycles. The highest BCUT2D eigenvalue weighted by atomic mass is 35.5. The fraction of sp³-hybridized carbons (Fsp3) is 0.125. The molecule has 2 N–H and O–H groups in total. The molecule has 5 heteroatoms. The largest absolute Gasteiger partial charge is 0.478 e. The zero-order chi connectivity index (χ0) is 15.1. The Labute approximate surface area is 126 Å². The highest BCUT2D eigenvalue weighted by Gasteiger charge is 2.11. The maximum absolute atomic E-state index is 11.1. The summed E-state index contributed by atoms with van der Waals surface area (Å²) in [6, 6.07) is 8.76. The Balaban J connectivity index is 2.18. The van der Waals surface area contributed by atoms with Crippen molar-refractivity contribution >= 4 is 28.5 Å². The minimum atomic E-state index is -1.02. The number of aryl methyl sites for hydroxylation is 2. The maximum Gasteiger partial charge on any atom is 0.335 e.